The Morgan fingerprint density at radius 2 is 1.68 bits per heavy atom. The first-order valence-electron chi connectivity index (χ1n) is 7.79. The first-order valence-corrected chi connectivity index (χ1v) is 7.79. The number of aliphatic hydroxyl groups excluding tert-OH is 1. The van der Waals surface area contributed by atoms with Crippen LogP contribution in [-0.2, 0) is 9.53 Å². The van der Waals surface area contributed by atoms with E-state index in [2.05, 4.69) is 12.1 Å². The van der Waals surface area contributed by atoms with Gasteiger partial charge in [0.15, 0.2) is 5.78 Å². The molecule has 1 aromatic rings. The summed E-state index contributed by atoms with van der Waals surface area (Å²) in [6.45, 7) is 8.07. The van der Waals surface area contributed by atoms with E-state index in [0.717, 1.165) is 22.3 Å². The van der Waals surface area contributed by atoms with Crippen LogP contribution in [0.3, 0.4) is 0 Å². The molecule has 0 saturated carbocycles. The van der Waals surface area contributed by atoms with Crippen molar-refractivity contribution in [1.82, 2.24) is 0 Å². The minimum atomic E-state index is -0.246. The molecule has 114 valence electrons. The number of carbonyl (C=O) groups excluding carboxylic acids is 1. The molecular formula is C19H20O3. The molecule has 3 nitrogen and oxygen atoms in total. The number of fused-ring (bicyclic) bond motifs is 5. The molecule has 1 fully saturated rings. The lowest BCUT2D eigenvalue weighted by atomic mass is 9.81. The topological polar surface area (TPSA) is 46.5 Å². The second-order valence-electron chi connectivity index (χ2n) is 6.88. The molecule has 1 aromatic carbocycles. The van der Waals surface area contributed by atoms with E-state index in [1.807, 2.05) is 33.8 Å². The number of aliphatic hydroxyl groups is 1. The second kappa shape index (κ2) is 4.32. The SMILES string of the molecule is CC1=C[C@@H]2O[C@H]1[C@H]1C(O)=C(c3c(C)cc(C)cc3C)C(=O)[C@H]12. The van der Waals surface area contributed by atoms with E-state index in [9.17, 15) is 9.90 Å². The molecule has 3 aliphatic rings. The van der Waals surface area contributed by atoms with Crippen molar-refractivity contribution in [3.63, 3.8) is 0 Å². The number of Topliss-reactive ketones (excluding diaryl/α,β-unsaturated/α-hetero) is 1. The highest BCUT2D eigenvalue weighted by molar-refractivity contribution is 6.26. The third-order valence-corrected chi connectivity index (χ3v) is 5.29. The average molecular weight is 296 g/mol. The zero-order valence-electron chi connectivity index (χ0n) is 13.3. The summed E-state index contributed by atoms with van der Waals surface area (Å²) < 4.78 is 5.85. The summed E-state index contributed by atoms with van der Waals surface area (Å²) in [5.41, 5.74) is 5.82. The summed E-state index contributed by atoms with van der Waals surface area (Å²) in [7, 11) is 0. The molecule has 0 unspecified atom stereocenters. The predicted molar refractivity (Wildman–Crippen MR) is 84.6 cm³/mol. The third-order valence-electron chi connectivity index (χ3n) is 5.29. The van der Waals surface area contributed by atoms with Crippen molar-refractivity contribution in [2.75, 3.05) is 0 Å². The first-order chi connectivity index (χ1) is 10.4. The molecule has 0 spiro atoms. The van der Waals surface area contributed by atoms with Gasteiger partial charge < -0.3 is 9.84 Å². The Bertz CT molecular complexity index is 746. The highest BCUT2D eigenvalue weighted by atomic mass is 16.5. The van der Waals surface area contributed by atoms with Crippen LogP contribution in [0.4, 0.5) is 0 Å². The smallest absolute Gasteiger partial charge is 0.173 e. The van der Waals surface area contributed by atoms with E-state index >= 15 is 0 Å². The Kier molecular flexibility index (Phi) is 2.71. The van der Waals surface area contributed by atoms with E-state index < -0.39 is 0 Å². The molecule has 2 heterocycles. The molecular weight excluding hydrogens is 276 g/mol. The number of hydrogen-bond acceptors (Lipinski definition) is 3. The fourth-order valence-electron chi connectivity index (χ4n) is 4.53. The van der Waals surface area contributed by atoms with Crippen LogP contribution >= 0.6 is 0 Å². The molecule has 1 aliphatic carbocycles. The quantitative estimate of drug-likeness (QED) is 0.808. The van der Waals surface area contributed by atoms with E-state index in [1.54, 1.807) is 0 Å². The van der Waals surface area contributed by atoms with Gasteiger partial charge in [-0.2, -0.15) is 0 Å². The summed E-state index contributed by atoms with van der Waals surface area (Å²) in [5, 5.41) is 10.8. The normalized spacial score (nSPS) is 32.7. The molecule has 0 amide bonds. The van der Waals surface area contributed by atoms with Gasteiger partial charge >= 0.3 is 0 Å². The summed E-state index contributed by atoms with van der Waals surface area (Å²) in [6, 6.07) is 4.14. The van der Waals surface area contributed by atoms with Crippen LogP contribution in [0.15, 0.2) is 29.5 Å². The fraction of sp³-hybridized carbons (Fsp3) is 0.421. The maximum absolute atomic E-state index is 13.0. The lowest BCUT2D eigenvalue weighted by Crippen LogP contribution is -2.28. The van der Waals surface area contributed by atoms with E-state index in [0.29, 0.717) is 5.57 Å². The Hall–Kier alpha value is -1.87. The van der Waals surface area contributed by atoms with Gasteiger partial charge in [-0.1, -0.05) is 23.8 Å². The average Bonchev–Trinajstić information content (AvgIpc) is 3.03. The molecule has 1 N–H and O–H groups in total. The number of ether oxygens (including phenoxy) is 1. The van der Waals surface area contributed by atoms with Gasteiger partial charge in [-0.15, -0.1) is 0 Å². The van der Waals surface area contributed by atoms with Crippen molar-refractivity contribution >= 4 is 11.4 Å². The number of ketones is 1. The predicted octanol–water partition coefficient (Wildman–Crippen LogP) is 3.42. The largest absolute Gasteiger partial charge is 0.511 e. The van der Waals surface area contributed by atoms with Crippen LogP contribution in [0.25, 0.3) is 5.57 Å². The standard InChI is InChI=1S/C19H20O3/c1-8-5-9(2)13(10(3)6-8)15-17(20)14-12-7-11(4)19(22-12)16(14)18(15)21/h5-7,12,14,16,19,21H,1-4H3/t12-,14-,16+,19+/m0/s1. The summed E-state index contributed by atoms with van der Waals surface area (Å²) in [5.74, 6) is -0.180. The van der Waals surface area contributed by atoms with Gasteiger partial charge in [0.2, 0.25) is 0 Å². The Morgan fingerprint density at radius 3 is 2.32 bits per heavy atom. The van der Waals surface area contributed by atoms with Crippen LogP contribution < -0.4 is 0 Å². The van der Waals surface area contributed by atoms with E-state index in [4.69, 9.17) is 4.74 Å². The molecule has 1 saturated heterocycles. The molecule has 4 atom stereocenters. The van der Waals surface area contributed by atoms with Crippen LogP contribution in [0, 0.1) is 32.6 Å². The lowest BCUT2D eigenvalue weighted by Gasteiger charge is -2.19. The number of hydrogen-bond donors (Lipinski definition) is 1. The number of rotatable bonds is 1. The monoisotopic (exact) mass is 296 g/mol. The molecule has 2 aliphatic heterocycles. The Morgan fingerprint density at radius 1 is 1.05 bits per heavy atom. The summed E-state index contributed by atoms with van der Waals surface area (Å²) in [6.07, 6.45) is 1.73. The van der Waals surface area contributed by atoms with Crippen molar-refractivity contribution in [3.05, 3.63) is 51.8 Å². The molecule has 22 heavy (non-hydrogen) atoms. The van der Waals surface area contributed by atoms with Gasteiger partial charge in [-0.25, -0.2) is 0 Å². The minimum Gasteiger partial charge on any atom is -0.511 e. The summed E-state index contributed by atoms with van der Waals surface area (Å²) in [4.78, 5) is 13.0. The van der Waals surface area contributed by atoms with Crippen molar-refractivity contribution in [1.29, 1.82) is 0 Å². The van der Waals surface area contributed by atoms with Crippen LogP contribution in [0.1, 0.15) is 29.2 Å². The van der Waals surface area contributed by atoms with Crippen LogP contribution in [0.2, 0.25) is 0 Å². The van der Waals surface area contributed by atoms with E-state index in [1.165, 1.54) is 5.56 Å². The molecule has 2 bridgehead atoms. The molecule has 0 radical (unpaired) electrons. The van der Waals surface area contributed by atoms with Crippen LogP contribution in [-0.4, -0.2) is 23.1 Å². The molecule has 4 rings (SSSR count). The van der Waals surface area contributed by atoms with E-state index in [-0.39, 0.29) is 35.6 Å². The van der Waals surface area contributed by atoms with Crippen molar-refractivity contribution in [3.8, 4) is 0 Å². The van der Waals surface area contributed by atoms with Gasteiger partial charge in [0, 0.05) is 0 Å². The number of aryl methyl sites for hydroxylation is 3. The number of benzene rings is 1. The zero-order chi connectivity index (χ0) is 15.8. The zero-order valence-corrected chi connectivity index (χ0v) is 13.3. The van der Waals surface area contributed by atoms with Gasteiger partial charge in [0.1, 0.15) is 5.76 Å². The van der Waals surface area contributed by atoms with Gasteiger partial charge in [-0.05, 0) is 50.0 Å². The fourth-order valence-corrected chi connectivity index (χ4v) is 4.53. The lowest BCUT2D eigenvalue weighted by molar-refractivity contribution is -0.118. The maximum Gasteiger partial charge on any atom is 0.173 e. The Labute approximate surface area is 130 Å². The minimum absolute atomic E-state index is 0.0359. The highest BCUT2D eigenvalue weighted by Gasteiger charge is 2.58. The molecule has 3 heteroatoms. The van der Waals surface area contributed by atoms with Crippen molar-refractivity contribution < 1.29 is 14.6 Å². The van der Waals surface area contributed by atoms with Crippen molar-refractivity contribution in [2.24, 2.45) is 11.8 Å². The highest BCUT2D eigenvalue weighted by Crippen LogP contribution is 2.53. The second-order valence-corrected chi connectivity index (χ2v) is 6.88. The number of allylic oxidation sites excluding steroid dienone is 1. The van der Waals surface area contributed by atoms with Gasteiger partial charge in [0.05, 0.1) is 29.6 Å². The third kappa shape index (κ3) is 1.57. The maximum atomic E-state index is 13.0. The van der Waals surface area contributed by atoms with Gasteiger partial charge in [-0.3, -0.25) is 4.79 Å². The number of carbonyl (C=O) groups is 1. The van der Waals surface area contributed by atoms with Crippen LogP contribution in [0.5, 0.6) is 0 Å². The van der Waals surface area contributed by atoms with Gasteiger partial charge in [0.25, 0.3) is 0 Å². The summed E-state index contributed by atoms with van der Waals surface area (Å²) >= 11 is 0. The van der Waals surface area contributed by atoms with Crippen molar-refractivity contribution in [2.45, 2.75) is 39.9 Å². The first kappa shape index (κ1) is 13.8. The molecule has 0 aromatic heterocycles. The Balaban J connectivity index is 1.88.